The molecule has 0 aliphatic carbocycles. The van der Waals surface area contributed by atoms with E-state index < -0.39 is 28.9 Å². The minimum Gasteiger partial charge on any atom is -0.543 e. The first-order valence-electron chi connectivity index (χ1n) is 9.10. The van der Waals surface area contributed by atoms with Crippen LogP contribution in [0, 0.1) is 0 Å². The standard InChI is InChI=1S/C19H17N5O5S2.Na/c20-11-7-13(26)23-19(21-11)31-10-8-30-17-14(16(27)24(17)15(10)18(28)29)22-12(25)6-9-4-2-1-3-5-9;/h1-5,7,14,17H,6,8H2,(H,22,25)(H,28,29)(H3,20,21,23,26);/q;+1/p-1/t14?,17-;/m1./s1. The predicted octanol–water partition coefficient (Wildman–Crippen LogP) is -3.95. The number of H-pyrrole nitrogens is 1. The van der Waals surface area contributed by atoms with Gasteiger partial charge in [-0.15, -0.1) is 11.8 Å². The summed E-state index contributed by atoms with van der Waals surface area (Å²) < 4.78 is 0. The topological polar surface area (TPSA) is 161 Å². The van der Waals surface area contributed by atoms with E-state index in [9.17, 15) is 24.3 Å². The third-order valence-corrected chi connectivity index (χ3v) is 7.04. The Bertz CT molecular complexity index is 1160. The van der Waals surface area contributed by atoms with Gasteiger partial charge in [0, 0.05) is 16.7 Å². The van der Waals surface area contributed by atoms with Crippen LogP contribution in [0.25, 0.3) is 0 Å². The number of nitrogens with one attached hydrogen (secondary N) is 2. The van der Waals surface area contributed by atoms with Crippen LogP contribution in [0.5, 0.6) is 0 Å². The number of nitrogens with two attached hydrogens (primary N) is 1. The summed E-state index contributed by atoms with van der Waals surface area (Å²) in [6, 6.07) is 9.35. The number of carbonyl (C=O) groups excluding carboxylic acids is 3. The van der Waals surface area contributed by atoms with Gasteiger partial charge in [-0.05, 0) is 5.56 Å². The van der Waals surface area contributed by atoms with Gasteiger partial charge in [-0.25, -0.2) is 4.98 Å². The van der Waals surface area contributed by atoms with Crippen molar-refractivity contribution in [3.05, 3.63) is 62.9 Å². The van der Waals surface area contributed by atoms with E-state index in [1.807, 2.05) is 18.2 Å². The zero-order chi connectivity index (χ0) is 22.1. The van der Waals surface area contributed by atoms with Crippen LogP contribution in [0.4, 0.5) is 5.82 Å². The Balaban J connectivity index is 0.00000289. The molecule has 10 nitrogen and oxygen atoms in total. The van der Waals surface area contributed by atoms with Crippen molar-refractivity contribution in [2.45, 2.75) is 23.0 Å². The van der Waals surface area contributed by atoms with E-state index in [0.717, 1.165) is 28.3 Å². The monoisotopic (exact) mass is 481 g/mol. The van der Waals surface area contributed by atoms with Crippen molar-refractivity contribution in [1.29, 1.82) is 0 Å². The first kappa shape index (κ1) is 24.4. The molecule has 32 heavy (non-hydrogen) atoms. The maximum atomic E-state index is 12.7. The zero-order valence-electron chi connectivity index (χ0n) is 16.9. The number of β-lactam (4-membered cyclic amide) rings is 1. The molecule has 0 bridgehead atoms. The number of carboxylic acids is 1. The number of hydrogen-bond acceptors (Lipinski definition) is 9. The fraction of sp³-hybridized carbons (Fsp3) is 0.211. The van der Waals surface area contributed by atoms with Crippen molar-refractivity contribution >= 4 is 47.1 Å². The summed E-state index contributed by atoms with van der Waals surface area (Å²) in [7, 11) is 0. The largest absolute Gasteiger partial charge is 1.00 e. The predicted molar refractivity (Wildman–Crippen MR) is 112 cm³/mol. The summed E-state index contributed by atoms with van der Waals surface area (Å²) in [6.45, 7) is 0. The smallest absolute Gasteiger partial charge is 0.543 e. The van der Waals surface area contributed by atoms with Crippen molar-refractivity contribution in [2.24, 2.45) is 0 Å². The number of hydrogen-bond donors (Lipinski definition) is 3. The van der Waals surface area contributed by atoms with E-state index in [1.54, 1.807) is 12.1 Å². The van der Waals surface area contributed by atoms with E-state index in [4.69, 9.17) is 5.73 Å². The molecule has 3 heterocycles. The third kappa shape index (κ3) is 5.04. The van der Waals surface area contributed by atoms with Gasteiger partial charge in [0.15, 0.2) is 5.16 Å². The van der Waals surface area contributed by atoms with Crippen molar-refractivity contribution < 1.29 is 49.0 Å². The van der Waals surface area contributed by atoms with Crippen LogP contribution in [0.1, 0.15) is 5.56 Å². The molecular formula is C19H16N5NaO5S2. The molecule has 0 radical (unpaired) electrons. The molecular weight excluding hydrogens is 465 g/mol. The van der Waals surface area contributed by atoms with Crippen LogP contribution in [-0.2, 0) is 20.8 Å². The summed E-state index contributed by atoms with van der Waals surface area (Å²) >= 11 is 2.20. The SMILES string of the molecule is Nc1cc(=O)[nH]c(SC2=C(C(=O)[O-])N3C(=O)C(NC(=O)Cc4ccccc4)[C@H]3SC2)n1.[Na+]. The molecule has 2 aliphatic heterocycles. The Morgan fingerprint density at radius 3 is 2.69 bits per heavy atom. The van der Waals surface area contributed by atoms with Crippen LogP contribution in [0.2, 0.25) is 0 Å². The number of aromatic amines is 1. The number of anilines is 1. The van der Waals surface area contributed by atoms with Gasteiger partial charge in [-0.1, -0.05) is 42.1 Å². The number of fused-ring (bicyclic) bond motifs is 1. The van der Waals surface area contributed by atoms with Crippen LogP contribution >= 0.6 is 23.5 Å². The number of benzene rings is 1. The molecule has 2 aromatic rings. The van der Waals surface area contributed by atoms with E-state index in [-0.39, 0.29) is 69.2 Å². The van der Waals surface area contributed by atoms with Gasteiger partial charge < -0.3 is 25.9 Å². The fourth-order valence-corrected chi connectivity index (χ4v) is 5.73. The first-order chi connectivity index (χ1) is 14.8. The van der Waals surface area contributed by atoms with Crippen molar-refractivity contribution in [1.82, 2.24) is 20.2 Å². The second-order valence-corrected chi connectivity index (χ2v) is 8.94. The molecule has 1 saturated heterocycles. The van der Waals surface area contributed by atoms with E-state index in [0.29, 0.717) is 0 Å². The maximum absolute atomic E-state index is 12.7. The minimum atomic E-state index is -1.53. The second-order valence-electron chi connectivity index (χ2n) is 6.75. The Kier molecular flexibility index (Phi) is 7.72. The molecule has 1 unspecified atom stereocenters. The normalized spacial score (nSPS) is 19.5. The fourth-order valence-electron chi connectivity index (χ4n) is 3.28. The number of amides is 2. The number of rotatable bonds is 6. The summed E-state index contributed by atoms with van der Waals surface area (Å²) in [4.78, 5) is 56.2. The van der Waals surface area contributed by atoms with E-state index >= 15 is 0 Å². The molecule has 0 saturated carbocycles. The van der Waals surface area contributed by atoms with Gasteiger partial charge >= 0.3 is 29.6 Å². The summed E-state index contributed by atoms with van der Waals surface area (Å²) in [6.07, 6.45) is 0.112. The van der Waals surface area contributed by atoms with Crippen LogP contribution in [-0.4, -0.2) is 49.8 Å². The van der Waals surface area contributed by atoms with Crippen molar-refractivity contribution in [3.8, 4) is 0 Å². The summed E-state index contributed by atoms with van der Waals surface area (Å²) in [5.74, 6) is -2.17. The maximum Gasteiger partial charge on any atom is 1.00 e. The molecule has 4 rings (SSSR count). The molecule has 2 amide bonds. The second kappa shape index (κ2) is 10.1. The molecule has 13 heteroatoms. The number of aliphatic carboxylic acids is 1. The molecule has 1 aromatic carbocycles. The molecule has 1 fully saturated rings. The van der Waals surface area contributed by atoms with Crippen LogP contribution in [0.3, 0.4) is 0 Å². The number of aromatic nitrogens is 2. The quantitative estimate of drug-likeness (QED) is 0.212. The van der Waals surface area contributed by atoms with Gasteiger partial charge in [0.1, 0.15) is 17.2 Å². The zero-order valence-corrected chi connectivity index (χ0v) is 20.5. The Labute approximate surface area is 212 Å². The average Bonchev–Trinajstić information content (AvgIpc) is 2.71. The molecule has 0 spiro atoms. The molecule has 2 aliphatic rings. The third-order valence-electron chi connectivity index (χ3n) is 4.61. The summed E-state index contributed by atoms with van der Waals surface area (Å²) in [5.41, 5.74) is 5.59. The van der Waals surface area contributed by atoms with Gasteiger partial charge in [-0.2, -0.15) is 0 Å². The molecule has 160 valence electrons. The number of nitrogens with zero attached hydrogens (tertiary/aromatic N) is 2. The van der Waals surface area contributed by atoms with Gasteiger partial charge in [0.2, 0.25) is 5.91 Å². The van der Waals surface area contributed by atoms with Gasteiger partial charge in [-0.3, -0.25) is 19.3 Å². The molecule has 2 atom stereocenters. The Morgan fingerprint density at radius 1 is 1.31 bits per heavy atom. The molecule has 4 N–H and O–H groups in total. The van der Waals surface area contributed by atoms with E-state index in [1.165, 1.54) is 11.8 Å². The number of carboxylic acid groups (broad SMARTS) is 1. The summed E-state index contributed by atoms with van der Waals surface area (Å²) in [5, 5.41) is 14.0. The van der Waals surface area contributed by atoms with Crippen LogP contribution in [0.15, 0.2) is 57.0 Å². The average molecular weight is 481 g/mol. The Morgan fingerprint density at radius 2 is 2.03 bits per heavy atom. The van der Waals surface area contributed by atoms with E-state index in [2.05, 4.69) is 15.3 Å². The van der Waals surface area contributed by atoms with Crippen molar-refractivity contribution in [3.63, 3.8) is 0 Å². The Hall–Kier alpha value is -2.25. The molecule has 1 aromatic heterocycles. The van der Waals surface area contributed by atoms with Crippen LogP contribution < -0.4 is 51.3 Å². The van der Waals surface area contributed by atoms with Gasteiger partial charge in [0.25, 0.3) is 11.5 Å². The first-order valence-corrected chi connectivity index (χ1v) is 11.0. The number of carbonyl (C=O) groups is 3. The number of nitrogen functional groups attached to an aromatic ring is 1. The van der Waals surface area contributed by atoms with Crippen molar-refractivity contribution in [2.75, 3.05) is 11.5 Å². The minimum absolute atomic E-state index is 0. The number of thioether (sulfide) groups is 2. The van der Waals surface area contributed by atoms with Gasteiger partial charge in [0.05, 0.1) is 18.1 Å².